The number of amides is 2. The maximum atomic E-state index is 13.6. The Labute approximate surface area is 218 Å². The maximum absolute atomic E-state index is 13.6. The predicted molar refractivity (Wildman–Crippen MR) is 130 cm³/mol. The first kappa shape index (κ1) is 28.8. The van der Waals surface area contributed by atoms with E-state index < -0.39 is 63.9 Å². The molecule has 3 rings (SSSR count). The predicted octanol–water partition coefficient (Wildman–Crippen LogP) is 4.12. The molecule has 14 heteroatoms. The number of halogens is 4. The van der Waals surface area contributed by atoms with Crippen molar-refractivity contribution in [3.05, 3.63) is 70.9 Å². The largest absolute Gasteiger partial charge is 0.588 e. The fourth-order valence-corrected chi connectivity index (χ4v) is 4.41. The number of nitrogens with zero attached hydrogens (tertiary/aromatic N) is 3. The zero-order chi connectivity index (χ0) is 28.4. The molecule has 0 spiro atoms. The molecule has 2 aromatic heterocycles. The van der Waals surface area contributed by atoms with E-state index in [0.717, 1.165) is 17.3 Å². The van der Waals surface area contributed by atoms with Crippen LogP contribution in [0.4, 0.5) is 23.2 Å². The summed E-state index contributed by atoms with van der Waals surface area (Å²) in [6.45, 7) is 3.93. The number of nitrogens with one attached hydrogen (secondary N) is 1. The minimum Gasteiger partial charge on any atom is -0.588 e. The Hall–Kier alpha value is -3.75. The molecule has 1 unspecified atom stereocenters. The van der Waals surface area contributed by atoms with Crippen LogP contribution in [-0.2, 0) is 22.3 Å². The van der Waals surface area contributed by atoms with Crippen molar-refractivity contribution in [3.8, 4) is 11.6 Å². The number of anilines is 1. The number of rotatable bonds is 7. The topological polar surface area (TPSA) is 134 Å². The summed E-state index contributed by atoms with van der Waals surface area (Å²) in [5.74, 6) is -2.88. The van der Waals surface area contributed by atoms with Crippen LogP contribution in [0, 0.1) is 19.8 Å². The molecular weight excluding hydrogens is 530 g/mol. The lowest BCUT2D eigenvalue weighted by atomic mass is 10.0. The van der Waals surface area contributed by atoms with E-state index in [0.29, 0.717) is 6.20 Å². The van der Waals surface area contributed by atoms with Gasteiger partial charge in [0.25, 0.3) is 11.8 Å². The lowest BCUT2D eigenvalue weighted by Crippen LogP contribution is -2.42. The molecule has 1 aromatic carbocycles. The molecule has 2 atom stereocenters. The quantitative estimate of drug-likeness (QED) is 0.255. The Balaban J connectivity index is 1.99. The third-order valence-electron chi connectivity index (χ3n) is 5.29. The Bertz CT molecular complexity index is 1370. The summed E-state index contributed by atoms with van der Waals surface area (Å²) in [6, 6.07) is 6.87. The summed E-state index contributed by atoms with van der Waals surface area (Å²) in [5, 5.41) is 2.45. The maximum Gasteiger partial charge on any atom is 0.418 e. The van der Waals surface area contributed by atoms with Gasteiger partial charge in [-0.2, -0.15) is 21.9 Å². The Morgan fingerprint density at radius 3 is 2.50 bits per heavy atom. The molecule has 0 bridgehead atoms. The van der Waals surface area contributed by atoms with E-state index in [4.69, 9.17) is 10.5 Å². The minimum absolute atomic E-state index is 0.0219. The van der Waals surface area contributed by atoms with E-state index in [2.05, 4.69) is 15.3 Å². The Morgan fingerprint density at radius 1 is 1.21 bits per heavy atom. The molecule has 3 aromatic rings. The van der Waals surface area contributed by atoms with E-state index in [1.807, 2.05) is 0 Å². The van der Waals surface area contributed by atoms with E-state index >= 15 is 0 Å². The highest BCUT2D eigenvalue weighted by Gasteiger charge is 2.36. The van der Waals surface area contributed by atoms with Gasteiger partial charge in [0.15, 0.2) is 10.6 Å². The van der Waals surface area contributed by atoms with Gasteiger partial charge in [-0.3, -0.25) is 9.59 Å². The number of carbonyl (C=O) groups excluding carboxylic acids is 2. The second-order valence-corrected chi connectivity index (χ2v) is 9.67. The van der Waals surface area contributed by atoms with Crippen molar-refractivity contribution in [1.29, 1.82) is 0 Å². The molecule has 0 aliphatic rings. The number of ether oxygens (including phenoxy) is 1. The van der Waals surface area contributed by atoms with Crippen LogP contribution in [0.15, 0.2) is 47.5 Å². The number of aromatic nitrogens is 2. The van der Waals surface area contributed by atoms with E-state index in [9.17, 15) is 31.7 Å². The lowest BCUT2D eigenvalue weighted by molar-refractivity contribution is -0.138. The van der Waals surface area contributed by atoms with Crippen LogP contribution in [-0.4, -0.2) is 43.7 Å². The number of alkyl halides is 3. The van der Waals surface area contributed by atoms with Gasteiger partial charge in [0, 0.05) is 18.0 Å². The van der Waals surface area contributed by atoms with Gasteiger partial charge in [-0.25, -0.2) is 9.97 Å². The van der Waals surface area contributed by atoms with E-state index in [-0.39, 0.29) is 22.0 Å². The number of nitrogens with two attached hydrogens (primary N) is 1. The fraction of sp³-hybridized carbons (Fsp3) is 0.250. The molecule has 3 N–H and O–H groups in total. The number of hydrogen-bond donors (Lipinski definition) is 2. The van der Waals surface area contributed by atoms with Crippen LogP contribution in [0.1, 0.15) is 34.1 Å². The highest BCUT2D eigenvalue weighted by molar-refractivity contribution is 7.89. The molecule has 202 valence electrons. The van der Waals surface area contributed by atoms with Gasteiger partial charge in [0.2, 0.25) is 11.8 Å². The fourth-order valence-electron chi connectivity index (χ4n) is 3.34. The van der Waals surface area contributed by atoms with Crippen molar-refractivity contribution < 1.29 is 36.4 Å². The van der Waals surface area contributed by atoms with Gasteiger partial charge in [0.05, 0.1) is 24.3 Å². The molecule has 0 aliphatic carbocycles. The normalized spacial score (nSPS) is 13.0. The average molecular weight is 554 g/mol. The summed E-state index contributed by atoms with van der Waals surface area (Å²) in [6.07, 6.45) is -4.28. The number of likely N-dealkylation sites (N-methyl/N-ethyl adjacent to an activating group) is 1. The summed E-state index contributed by atoms with van der Waals surface area (Å²) in [4.78, 5) is 32.8. The molecule has 0 aliphatic heterocycles. The number of benzene rings is 1. The van der Waals surface area contributed by atoms with Crippen LogP contribution in [0.3, 0.4) is 0 Å². The molecule has 0 fully saturated rings. The molecule has 9 nitrogen and oxygen atoms in total. The van der Waals surface area contributed by atoms with Crippen molar-refractivity contribution in [2.45, 2.75) is 37.9 Å². The first-order chi connectivity index (χ1) is 17.7. The van der Waals surface area contributed by atoms with Crippen molar-refractivity contribution in [1.82, 2.24) is 14.3 Å². The molecule has 0 saturated carbocycles. The van der Waals surface area contributed by atoms with E-state index in [1.165, 1.54) is 51.2 Å². The smallest absolute Gasteiger partial charge is 0.418 e. The molecular formula is C24H23F4N5O4S. The van der Waals surface area contributed by atoms with Crippen LogP contribution >= 0.6 is 0 Å². The second-order valence-electron chi connectivity index (χ2n) is 8.15. The van der Waals surface area contributed by atoms with Crippen LogP contribution in [0.25, 0.3) is 0 Å². The monoisotopic (exact) mass is 553 g/mol. The summed E-state index contributed by atoms with van der Waals surface area (Å²) < 4.78 is 73.4. The van der Waals surface area contributed by atoms with E-state index in [1.54, 1.807) is 0 Å². The molecule has 38 heavy (non-hydrogen) atoms. The SMILES string of the molecule is Cc1nc(F)ccc1Oc1ncc(C(F)(F)F)c(C)c1C(=O)Nc1cccc([S+]([O-])N(C)C(=O)[C@@H](C)N)c1. The van der Waals surface area contributed by atoms with Crippen molar-refractivity contribution >= 4 is 28.9 Å². The van der Waals surface area contributed by atoms with Crippen LogP contribution < -0.4 is 15.8 Å². The highest BCUT2D eigenvalue weighted by Crippen LogP contribution is 2.37. The lowest BCUT2D eigenvalue weighted by Gasteiger charge is -2.21. The highest BCUT2D eigenvalue weighted by atomic mass is 32.2. The van der Waals surface area contributed by atoms with Gasteiger partial charge in [-0.1, -0.05) is 6.07 Å². The molecule has 2 heterocycles. The van der Waals surface area contributed by atoms with Gasteiger partial charge in [0.1, 0.15) is 16.9 Å². The first-order valence-electron chi connectivity index (χ1n) is 10.9. The minimum atomic E-state index is -4.81. The van der Waals surface area contributed by atoms with Crippen LogP contribution in [0.2, 0.25) is 0 Å². The zero-order valence-electron chi connectivity index (χ0n) is 20.6. The number of hydrogen-bond acceptors (Lipinski definition) is 7. The Morgan fingerprint density at radius 2 is 1.89 bits per heavy atom. The number of pyridine rings is 2. The zero-order valence-corrected chi connectivity index (χ0v) is 21.4. The van der Waals surface area contributed by atoms with Gasteiger partial charge in [-0.15, -0.1) is 0 Å². The average Bonchev–Trinajstić information content (AvgIpc) is 2.83. The van der Waals surface area contributed by atoms with Gasteiger partial charge >= 0.3 is 6.18 Å². The third-order valence-corrected chi connectivity index (χ3v) is 6.62. The van der Waals surface area contributed by atoms with Gasteiger partial charge in [-0.05, 0) is 50.6 Å². The summed E-state index contributed by atoms with van der Waals surface area (Å²) in [7, 11) is 1.29. The van der Waals surface area contributed by atoms with Crippen molar-refractivity contribution in [3.63, 3.8) is 0 Å². The third kappa shape index (κ3) is 6.38. The molecule has 2 amide bonds. The summed E-state index contributed by atoms with van der Waals surface area (Å²) in [5.41, 5.74) is 3.56. The summed E-state index contributed by atoms with van der Waals surface area (Å²) >= 11 is -1.97. The second kappa shape index (κ2) is 11.3. The number of carbonyl (C=O) groups is 2. The standard InChI is InChI=1S/C24H23F4N5O4S/c1-12-17(24(26,27)28)11-30-22(37-18-8-9-19(25)31-14(18)3)20(12)21(34)32-15-6-5-7-16(10-15)38(36)33(4)23(35)13(2)29/h5-11,13H,29H2,1-4H3,(H,32,34)/t13-,38?/m1/s1. The number of aryl methyl sites for hydroxylation is 1. The molecule has 0 saturated heterocycles. The Kier molecular flexibility index (Phi) is 8.59. The first-order valence-corrected chi connectivity index (χ1v) is 12.1. The van der Waals surface area contributed by atoms with Crippen molar-refractivity contribution in [2.24, 2.45) is 5.73 Å². The van der Waals surface area contributed by atoms with Gasteiger partial charge < -0.3 is 20.3 Å². The van der Waals surface area contributed by atoms with Crippen molar-refractivity contribution in [2.75, 3.05) is 12.4 Å². The van der Waals surface area contributed by atoms with Crippen LogP contribution in [0.5, 0.6) is 11.6 Å². The molecule has 0 radical (unpaired) electrons.